The standard InChI is InChI=1S/C34H67O/c1-4-5-6-7-8-9-10-11-12-15-18-21-24-27-30-34(32-35)31-28-25-22-19-16-13-14-17-20-23-26-29-33(2)3/h33-34H,4-31H2,1-3H3. The second-order valence-corrected chi connectivity index (χ2v) is 12.1. The maximum atomic E-state index is 11.3. The Labute approximate surface area is 223 Å². The summed E-state index contributed by atoms with van der Waals surface area (Å²) in [6.07, 6.45) is 40.8. The fraction of sp³-hybridized carbons (Fsp3) is 0.971. The summed E-state index contributed by atoms with van der Waals surface area (Å²) in [5, 5.41) is 0. The average Bonchev–Trinajstić information content (AvgIpc) is 2.85. The Hall–Kier alpha value is -0.330. The van der Waals surface area contributed by atoms with E-state index in [-0.39, 0.29) is 5.92 Å². The van der Waals surface area contributed by atoms with E-state index in [1.807, 2.05) is 0 Å². The summed E-state index contributed by atoms with van der Waals surface area (Å²) in [5.74, 6) is 1.08. The van der Waals surface area contributed by atoms with E-state index in [1.54, 1.807) is 0 Å². The summed E-state index contributed by atoms with van der Waals surface area (Å²) in [6, 6.07) is 0. The molecule has 0 aromatic heterocycles. The molecule has 1 nitrogen and oxygen atoms in total. The van der Waals surface area contributed by atoms with Crippen molar-refractivity contribution in [3.63, 3.8) is 0 Å². The van der Waals surface area contributed by atoms with Crippen LogP contribution in [0.2, 0.25) is 0 Å². The van der Waals surface area contributed by atoms with Crippen molar-refractivity contribution in [2.75, 3.05) is 0 Å². The molecule has 0 spiro atoms. The Bertz CT molecular complexity index is 388. The van der Waals surface area contributed by atoms with E-state index in [0.717, 1.165) is 18.8 Å². The Kier molecular flexibility index (Phi) is 29.6. The lowest BCUT2D eigenvalue weighted by Crippen LogP contribution is -2.02. The van der Waals surface area contributed by atoms with Gasteiger partial charge in [0.05, 0.1) is 0 Å². The van der Waals surface area contributed by atoms with Gasteiger partial charge < -0.3 is 0 Å². The first-order valence-corrected chi connectivity index (χ1v) is 16.6. The summed E-state index contributed by atoms with van der Waals surface area (Å²) in [7, 11) is 0. The van der Waals surface area contributed by atoms with Gasteiger partial charge in [0, 0.05) is 5.92 Å². The van der Waals surface area contributed by atoms with Crippen LogP contribution in [0.15, 0.2) is 0 Å². The van der Waals surface area contributed by atoms with Crippen LogP contribution >= 0.6 is 0 Å². The van der Waals surface area contributed by atoms with E-state index in [1.165, 1.54) is 167 Å². The molecule has 1 heteroatoms. The third kappa shape index (κ3) is 29.8. The van der Waals surface area contributed by atoms with Gasteiger partial charge in [0.2, 0.25) is 6.29 Å². The Morgan fingerprint density at radius 3 is 0.914 bits per heavy atom. The monoisotopic (exact) mass is 492 g/mol. The maximum Gasteiger partial charge on any atom is 0.201 e. The molecular weight excluding hydrogens is 424 g/mol. The summed E-state index contributed by atoms with van der Waals surface area (Å²) in [5.41, 5.74) is 0. The van der Waals surface area contributed by atoms with Crippen LogP contribution in [0.5, 0.6) is 0 Å². The van der Waals surface area contributed by atoms with Crippen LogP contribution in [0.4, 0.5) is 0 Å². The first-order valence-electron chi connectivity index (χ1n) is 16.6. The van der Waals surface area contributed by atoms with Gasteiger partial charge in [-0.15, -0.1) is 0 Å². The van der Waals surface area contributed by atoms with Crippen LogP contribution in [0.1, 0.15) is 201 Å². The maximum absolute atomic E-state index is 11.3. The molecule has 0 bridgehead atoms. The summed E-state index contributed by atoms with van der Waals surface area (Å²) < 4.78 is 0. The third-order valence-corrected chi connectivity index (χ3v) is 7.91. The zero-order chi connectivity index (χ0) is 25.7. The molecule has 209 valence electrons. The molecule has 0 saturated carbocycles. The molecule has 1 atom stereocenters. The van der Waals surface area contributed by atoms with Gasteiger partial charge in [0.15, 0.2) is 0 Å². The first-order chi connectivity index (χ1) is 17.2. The molecule has 0 fully saturated rings. The SMILES string of the molecule is CCCCCCCCCCCCCCCCC([C]=O)CCCCCCCCCCCCCC(C)C. The molecule has 0 aromatic rings. The predicted molar refractivity (Wildman–Crippen MR) is 159 cm³/mol. The quantitative estimate of drug-likeness (QED) is 0.0913. The molecular formula is C34H67O. The van der Waals surface area contributed by atoms with Gasteiger partial charge in [0.1, 0.15) is 0 Å². The van der Waals surface area contributed by atoms with Crippen LogP contribution in [-0.2, 0) is 4.79 Å². The van der Waals surface area contributed by atoms with Gasteiger partial charge in [-0.1, -0.05) is 188 Å². The second-order valence-electron chi connectivity index (χ2n) is 12.1. The fourth-order valence-electron chi connectivity index (χ4n) is 5.38. The number of hydrogen-bond donors (Lipinski definition) is 0. The average molecular weight is 492 g/mol. The van der Waals surface area contributed by atoms with Crippen molar-refractivity contribution < 1.29 is 4.79 Å². The molecule has 35 heavy (non-hydrogen) atoms. The van der Waals surface area contributed by atoms with Crippen molar-refractivity contribution in [1.29, 1.82) is 0 Å². The lowest BCUT2D eigenvalue weighted by molar-refractivity contribution is 0.448. The molecule has 0 aliphatic heterocycles. The molecule has 0 heterocycles. The molecule has 1 radical (unpaired) electrons. The molecule has 0 N–H and O–H groups in total. The molecule has 0 rings (SSSR count). The third-order valence-electron chi connectivity index (χ3n) is 7.91. The van der Waals surface area contributed by atoms with Crippen molar-refractivity contribution in [2.45, 2.75) is 201 Å². The van der Waals surface area contributed by atoms with Crippen molar-refractivity contribution in [2.24, 2.45) is 11.8 Å². The van der Waals surface area contributed by atoms with E-state index in [9.17, 15) is 4.79 Å². The van der Waals surface area contributed by atoms with E-state index in [0.29, 0.717) is 0 Å². The molecule has 0 aliphatic carbocycles. The normalized spacial score (nSPS) is 12.5. The fourth-order valence-corrected chi connectivity index (χ4v) is 5.38. The molecule has 0 saturated heterocycles. The zero-order valence-corrected chi connectivity index (χ0v) is 24.9. The Morgan fingerprint density at radius 2 is 0.657 bits per heavy atom. The second kappa shape index (κ2) is 29.9. The van der Waals surface area contributed by atoms with Gasteiger partial charge in [-0.25, -0.2) is 0 Å². The van der Waals surface area contributed by atoms with Gasteiger partial charge in [-0.05, 0) is 18.8 Å². The van der Waals surface area contributed by atoms with Crippen LogP contribution in [-0.4, -0.2) is 6.29 Å². The number of unbranched alkanes of at least 4 members (excludes halogenated alkanes) is 23. The van der Waals surface area contributed by atoms with Crippen molar-refractivity contribution in [3.05, 3.63) is 0 Å². The van der Waals surface area contributed by atoms with Crippen molar-refractivity contribution >= 4 is 6.29 Å². The van der Waals surface area contributed by atoms with Crippen LogP contribution in [0, 0.1) is 11.8 Å². The lowest BCUT2D eigenvalue weighted by atomic mass is 9.95. The van der Waals surface area contributed by atoms with Crippen LogP contribution in [0.3, 0.4) is 0 Å². The van der Waals surface area contributed by atoms with Gasteiger partial charge in [-0.2, -0.15) is 0 Å². The minimum atomic E-state index is 0.211. The van der Waals surface area contributed by atoms with Gasteiger partial charge in [0.25, 0.3) is 0 Å². The van der Waals surface area contributed by atoms with E-state index < -0.39 is 0 Å². The van der Waals surface area contributed by atoms with E-state index >= 15 is 0 Å². The first kappa shape index (κ1) is 34.7. The van der Waals surface area contributed by atoms with E-state index in [4.69, 9.17) is 0 Å². The molecule has 0 aromatic carbocycles. The largest absolute Gasteiger partial charge is 0.291 e. The minimum Gasteiger partial charge on any atom is -0.291 e. The topological polar surface area (TPSA) is 17.1 Å². The van der Waals surface area contributed by atoms with Crippen LogP contribution < -0.4 is 0 Å². The highest BCUT2D eigenvalue weighted by atomic mass is 16.1. The number of hydrogen-bond acceptors (Lipinski definition) is 1. The van der Waals surface area contributed by atoms with Crippen molar-refractivity contribution in [3.8, 4) is 0 Å². The molecule has 0 amide bonds. The Morgan fingerprint density at radius 1 is 0.400 bits per heavy atom. The lowest BCUT2D eigenvalue weighted by Gasteiger charge is -2.09. The highest BCUT2D eigenvalue weighted by Crippen LogP contribution is 2.19. The highest BCUT2D eigenvalue weighted by molar-refractivity contribution is 5.54. The summed E-state index contributed by atoms with van der Waals surface area (Å²) in [4.78, 5) is 11.3. The molecule has 0 aliphatic rings. The predicted octanol–water partition coefficient (Wildman–Crippen LogP) is 12.3. The number of rotatable bonds is 30. The van der Waals surface area contributed by atoms with Gasteiger partial charge in [-0.3, -0.25) is 4.79 Å². The molecule has 1 unspecified atom stereocenters. The minimum absolute atomic E-state index is 0.211. The number of carbonyl (C=O) groups excluding carboxylic acids is 1. The summed E-state index contributed by atoms with van der Waals surface area (Å²) in [6.45, 7) is 6.96. The Balaban J connectivity index is 3.28. The van der Waals surface area contributed by atoms with Gasteiger partial charge >= 0.3 is 0 Å². The summed E-state index contributed by atoms with van der Waals surface area (Å²) >= 11 is 0. The van der Waals surface area contributed by atoms with E-state index in [2.05, 4.69) is 27.1 Å². The smallest absolute Gasteiger partial charge is 0.201 e. The van der Waals surface area contributed by atoms with Crippen molar-refractivity contribution in [1.82, 2.24) is 0 Å². The zero-order valence-electron chi connectivity index (χ0n) is 24.9. The highest BCUT2D eigenvalue weighted by Gasteiger charge is 2.08. The van der Waals surface area contributed by atoms with Crippen LogP contribution in [0.25, 0.3) is 0 Å².